The molecule has 114 valence electrons. The van der Waals surface area contributed by atoms with E-state index in [1.54, 1.807) is 0 Å². The van der Waals surface area contributed by atoms with Gasteiger partial charge in [-0.3, -0.25) is 0 Å². The molecule has 0 aliphatic heterocycles. The summed E-state index contributed by atoms with van der Waals surface area (Å²) in [6, 6.07) is 9.06. The van der Waals surface area contributed by atoms with E-state index in [4.69, 9.17) is 4.74 Å². The van der Waals surface area contributed by atoms with Gasteiger partial charge in [0, 0.05) is 24.5 Å². The van der Waals surface area contributed by atoms with Crippen LogP contribution in [0.25, 0.3) is 0 Å². The minimum absolute atomic E-state index is 0.103. The van der Waals surface area contributed by atoms with Crippen LogP contribution in [-0.2, 0) is 11.2 Å². The molecular weight excluding hydrogens is 262 g/mol. The summed E-state index contributed by atoms with van der Waals surface area (Å²) in [6.07, 6.45) is 5.90. The molecule has 0 aromatic heterocycles. The van der Waals surface area contributed by atoms with E-state index in [9.17, 15) is 5.11 Å². The predicted octanol–water partition coefficient (Wildman–Crippen LogP) is 2.58. The number of benzene rings is 1. The SMILES string of the molecule is CCOC1CC(NC2c3ccccc3CC2O)C12CCC2. The molecule has 4 rings (SSSR count). The minimum atomic E-state index is -0.286. The van der Waals surface area contributed by atoms with Crippen LogP contribution >= 0.6 is 0 Å². The van der Waals surface area contributed by atoms with Gasteiger partial charge in [-0.15, -0.1) is 0 Å². The molecular formula is C18H25NO2. The minimum Gasteiger partial charge on any atom is -0.391 e. The second-order valence-electron chi connectivity index (χ2n) is 6.93. The van der Waals surface area contributed by atoms with Crippen molar-refractivity contribution in [1.29, 1.82) is 0 Å². The average molecular weight is 287 g/mol. The number of hydrogen-bond donors (Lipinski definition) is 2. The van der Waals surface area contributed by atoms with Crippen molar-refractivity contribution in [1.82, 2.24) is 5.32 Å². The van der Waals surface area contributed by atoms with Gasteiger partial charge in [0.05, 0.1) is 18.2 Å². The Morgan fingerprint density at radius 1 is 1.33 bits per heavy atom. The van der Waals surface area contributed by atoms with Gasteiger partial charge in [0.25, 0.3) is 0 Å². The summed E-state index contributed by atoms with van der Waals surface area (Å²) in [6.45, 7) is 2.90. The number of nitrogens with one attached hydrogen (secondary N) is 1. The third-order valence-corrected chi connectivity index (χ3v) is 6.02. The van der Waals surface area contributed by atoms with Gasteiger partial charge in [0.15, 0.2) is 0 Å². The van der Waals surface area contributed by atoms with Crippen molar-refractivity contribution >= 4 is 0 Å². The number of fused-ring (bicyclic) bond motifs is 1. The Balaban J connectivity index is 1.50. The maximum absolute atomic E-state index is 10.4. The number of aliphatic hydroxyl groups is 1. The highest BCUT2D eigenvalue weighted by atomic mass is 16.5. The molecule has 2 N–H and O–H groups in total. The van der Waals surface area contributed by atoms with Gasteiger partial charge >= 0.3 is 0 Å². The Labute approximate surface area is 126 Å². The van der Waals surface area contributed by atoms with Crippen LogP contribution in [0, 0.1) is 5.41 Å². The molecule has 2 saturated carbocycles. The largest absolute Gasteiger partial charge is 0.391 e. The zero-order valence-electron chi connectivity index (χ0n) is 12.7. The van der Waals surface area contributed by atoms with E-state index in [0.717, 1.165) is 19.4 Å². The Morgan fingerprint density at radius 3 is 2.86 bits per heavy atom. The van der Waals surface area contributed by atoms with Crippen LogP contribution in [-0.4, -0.2) is 30.0 Å². The molecule has 0 saturated heterocycles. The molecule has 3 aliphatic rings. The quantitative estimate of drug-likeness (QED) is 0.894. The first-order valence-electron chi connectivity index (χ1n) is 8.38. The van der Waals surface area contributed by atoms with Gasteiger partial charge in [-0.05, 0) is 37.3 Å². The second kappa shape index (κ2) is 5.08. The number of ether oxygens (including phenoxy) is 1. The first-order valence-corrected chi connectivity index (χ1v) is 8.38. The fourth-order valence-corrected chi connectivity index (χ4v) is 4.66. The first-order chi connectivity index (χ1) is 10.2. The molecule has 1 spiro atoms. The van der Waals surface area contributed by atoms with Crippen LogP contribution in [0.4, 0.5) is 0 Å². The topological polar surface area (TPSA) is 41.5 Å². The molecule has 0 heterocycles. The van der Waals surface area contributed by atoms with Gasteiger partial charge in [-0.25, -0.2) is 0 Å². The summed E-state index contributed by atoms with van der Waals surface area (Å²) >= 11 is 0. The van der Waals surface area contributed by atoms with E-state index in [2.05, 4.69) is 36.5 Å². The number of hydrogen-bond acceptors (Lipinski definition) is 3. The molecule has 0 bridgehead atoms. The molecule has 1 aromatic rings. The van der Waals surface area contributed by atoms with Gasteiger partial charge in [-0.2, -0.15) is 0 Å². The van der Waals surface area contributed by atoms with Crippen molar-refractivity contribution in [3.05, 3.63) is 35.4 Å². The molecule has 21 heavy (non-hydrogen) atoms. The molecule has 4 atom stereocenters. The van der Waals surface area contributed by atoms with Crippen molar-refractivity contribution < 1.29 is 9.84 Å². The van der Waals surface area contributed by atoms with Crippen LogP contribution in [0.2, 0.25) is 0 Å². The first kappa shape index (κ1) is 13.7. The fraction of sp³-hybridized carbons (Fsp3) is 0.667. The predicted molar refractivity (Wildman–Crippen MR) is 82.1 cm³/mol. The smallest absolute Gasteiger partial charge is 0.0775 e. The Morgan fingerprint density at radius 2 is 2.14 bits per heavy atom. The molecule has 3 nitrogen and oxygen atoms in total. The van der Waals surface area contributed by atoms with Crippen LogP contribution in [0.1, 0.15) is 49.8 Å². The Kier molecular flexibility index (Phi) is 3.32. The zero-order valence-corrected chi connectivity index (χ0v) is 12.7. The maximum atomic E-state index is 10.4. The molecule has 4 unspecified atom stereocenters. The highest BCUT2D eigenvalue weighted by Gasteiger charge is 2.59. The van der Waals surface area contributed by atoms with E-state index in [0.29, 0.717) is 17.6 Å². The Hall–Kier alpha value is -0.900. The molecule has 3 heteroatoms. The number of rotatable bonds is 4. The monoisotopic (exact) mass is 287 g/mol. The molecule has 0 radical (unpaired) electrons. The molecule has 2 fully saturated rings. The Bertz CT molecular complexity index is 526. The molecule has 1 aromatic carbocycles. The van der Waals surface area contributed by atoms with Crippen molar-refractivity contribution in [3.63, 3.8) is 0 Å². The van der Waals surface area contributed by atoms with Gasteiger partial charge in [0.1, 0.15) is 0 Å². The standard InChI is InChI=1S/C18H25NO2/c1-2-21-16-11-15(18(16)8-5-9-18)19-17-13-7-4-3-6-12(13)10-14(17)20/h3-4,6-7,14-17,19-20H,2,5,8-11H2,1H3. The van der Waals surface area contributed by atoms with Crippen molar-refractivity contribution in [2.75, 3.05) is 6.61 Å². The lowest BCUT2D eigenvalue weighted by Gasteiger charge is -2.61. The third-order valence-electron chi connectivity index (χ3n) is 6.02. The van der Waals surface area contributed by atoms with Gasteiger partial charge in [0.2, 0.25) is 0 Å². The summed E-state index contributed by atoms with van der Waals surface area (Å²) in [5.41, 5.74) is 2.94. The molecule has 0 amide bonds. The summed E-state index contributed by atoms with van der Waals surface area (Å²) in [4.78, 5) is 0. The summed E-state index contributed by atoms with van der Waals surface area (Å²) in [5.74, 6) is 0. The molecule has 3 aliphatic carbocycles. The fourth-order valence-electron chi connectivity index (χ4n) is 4.66. The lowest BCUT2D eigenvalue weighted by molar-refractivity contribution is -0.176. The lowest BCUT2D eigenvalue weighted by Crippen LogP contribution is -2.67. The van der Waals surface area contributed by atoms with Crippen molar-refractivity contribution in [2.24, 2.45) is 5.41 Å². The van der Waals surface area contributed by atoms with Crippen molar-refractivity contribution in [2.45, 2.75) is 63.3 Å². The van der Waals surface area contributed by atoms with E-state index < -0.39 is 0 Å². The van der Waals surface area contributed by atoms with Crippen LogP contribution in [0.3, 0.4) is 0 Å². The highest BCUT2D eigenvalue weighted by molar-refractivity contribution is 5.36. The summed E-state index contributed by atoms with van der Waals surface area (Å²) in [5, 5.41) is 14.2. The average Bonchev–Trinajstić information content (AvgIpc) is 2.72. The van der Waals surface area contributed by atoms with Crippen LogP contribution in [0.15, 0.2) is 24.3 Å². The van der Waals surface area contributed by atoms with E-state index in [-0.39, 0.29) is 12.1 Å². The van der Waals surface area contributed by atoms with Gasteiger partial charge < -0.3 is 15.2 Å². The normalized spacial score (nSPS) is 36.1. The van der Waals surface area contributed by atoms with Crippen molar-refractivity contribution in [3.8, 4) is 0 Å². The van der Waals surface area contributed by atoms with Crippen LogP contribution in [0.5, 0.6) is 0 Å². The van der Waals surface area contributed by atoms with E-state index in [1.165, 1.54) is 30.4 Å². The maximum Gasteiger partial charge on any atom is 0.0775 e. The van der Waals surface area contributed by atoms with Crippen LogP contribution < -0.4 is 5.32 Å². The summed E-state index contributed by atoms with van der Waals surface area (Å²) in [7, 11) is 0. The highest BCUT2D eigenvalue weighted by Crippen LogP contribution is 2.58. The lowest BCUT2D eigenvalue weighted by atomic mass is 9.51. The summed E-state index contributed by atoms with van der Waals surface area (Å²) < 4.78 is 5.92. The second-order valence-corrected chi connectivity index (χ2v) is 6.93. The zero-order chi connectivity index (χ0) is 14.4. The number of aliphatic hydroxyl groups excluding tert-OH is 1. The van der Waals surface area contributed by atoms with E-state index >= 15 is 0 Å². The van der Waals surface area contributed by atoms with Gasteiger partial charge in [-0.1, -0.05) is 30.7 Å². The third kappa shape index (κ3) is 1.98. The van der Waals surface area contributed by atoms with E-state index in [1.807, 2.05) is 0 Å².